The number of carbonyl (C=O) groups is 2. The lowest BCUT2D eigenvalue weighted by atomic mass is 9.47. The van der Waals surface area contributed by atoms with Crippen molar-refractivity contribution in [3.8, 4) is 5.75 Å². The molecule has 3 fully saturated rings. The van der Waals surface area contributed by atoms with E-state index >= 15 is 9.59 Å². The second-order valence-corrected chi connectivity index (χ2v) is 22.8. The van der Waals surface area contributed by atoms with Gasteiger partial charge in [0.1, 0.15) is 23.1 Å². The predicted molar refractivity (Wildman–Crippen MR) is 256 cm³/mol. The first kappa shape index (κ1) is 48.2. The van der Waals surface area contributed by atoms with E-state index < -0.39 is 70.8 Å². The van der Waals surface area contributed by atoms with Crippen LogP contribution in [0.3, 0.4) is 0 Å². The van der Waals surface area contributed by atoms with E-state index in [1.54, 1.807) is 21.0 Å². The third-order valence-electron chi connectivity index (χ3n) is 17.1. The van der Waals surface area contributed by atoms with Gasteiger partial charge in [-0.3, -0.25) is 24.0 Å². The summed E-state index contributed by atoms with van der Waals surface area (Å²) in [6, 6.07) is 10.7. The number of aliphatic hydroxyl groups excluding tert-OH is 1. The standard InChI is InChI=1S/C51H72N5O10P/c1-10-47(60)27-32-28-50(46(59)64-9,40-34(19-23-55(29-32)30-47)33-17-14-15-18-37(33)52-40)36-25-35-38(26-39(36)63-8)54(7)43-49(35)21-24-56-22-16-20-48(11-2,42(49)56)44(57)51(43,61)45(58)53-41(31(5)6)67(62,65-12-3)66-13-4/h14-18,20,25-26,31-32,41-44,52,57,60-61H,10-13,19,21-24,27-30H2,1-9H3,(H,53,58)/t32-,41-,42-,43+,44+,47-,48+,49+,50-,51-/m0/s1. The Morgan fingerprint density at radius 2 is 1.72 bits per heavy atom. The maximum Gasteiger partial charge on any atom is 0.352 e. The van der Waals surface area contributed by atoms with Crippen LogP contribution in [0, 0.1) is 17.3 Å². The number of fused-ring (bicyclic) bond motifs is 6. The number of aliphatic hydroxyl groups is 3. The number of aromatic nitrogens is 1. The molecule has 2 aromatic carbocycles. The predicted octanol–water partition coefficient (Wildman–Crippen LogP) is 5.61. The number of para-hydroxylation sites is 1. The number of methoxy groups -OCH3 is 2. The molecule has 1 saturated carbocycles. The fourth-order valence-corrected chi connectivity index (χ4v) is 16.6. The van der Waals surface area contributed by atoms with E-state index in [-0.39, 0.29) is 25.2 Å². The number of carbonyl (C=O) groups excluding carboxylic acids is 2. The maximum atomic E-state index is 15.5. The lowest BCUT2D eigenvalue weighted by Gasteiger charge is -2.63. The van der Waals surface area contributed by atoms with Crippen molar-refractivity contribution in [2.45, 2.75) is 126 Å². The van der Waals surface area contributed by atoms with Gasteiger partial charge in [0.2, 0.25) is 0 Å². The number of rotatable bonds is 13. The Hall–Kier alpha value is -3.79. The van der Waals surface area contributed by atoms with Crippen LogP contribution in [-0.4, -0.2) is 144 Å². The zero-order valence-electron chi connectivity index (χ0n) is 40.8. The normalized spacial score (nSPS) is 34.9. The number of hydrogen-bond acceptors (Lipinski definition) is 13. The number of ether oxygens (including phenoxy) is 2. The van der Waals surface area contributed by atoms with Crippen molar-refractivity contribution in [2.75, 3.05) is 72.1 Å². The van der Waals surface area contributed by atoms with Gasteiger partial charge in [-0.2, -0.15) is 0 Å². The number of benzene rings is 2. The second-order valence-electron chi connectivity index (χ2n) is 20.7. The number of hydrogen-bond donors (Lipinski definition) is 5. The first-order valence-corrected chi connectivity index (χ1v) is 26.2. The molecular formula is C51H72N5O10P. The van der Waals surface area contributed by atoms with Gasteiger partial charge in [-0.15, -0.1) is 0 Å². The lowest BCUT2D eigenvalue weighted by molar-refractivity contribution is -0.203. The van der Waals surface area contributed by atoms with Gasteiger partial charge in [0.15, 0.2) is 5.60 Å². The Labute approximate surface area is 395 Å². The van der Waals surface area contributed by atoms with E-state index in [0.717, 1.165) is 27.7 Å². The minimum absolute atomic E-state index is 0.0734. The highest BCUT2D eigenvalue weighted by Gasteiger charge is 2.79. The van der Waals surface area contributed by atoms with Crippen molar-refractivity contribution in [3.63, 3.8) is 0 Å². The molecule has 16 heteroatoms. The minimum atomic E-state index is -3.97. The number of piperidine rings is 1. The molecule has 9 rings (SSSR count). The Bertz CT molecular complexity index is 2490. The van der Waals surface area contributed by atoms with E-state index in [1.807, 2.05) is 76.1 Å². The molecule has 67 heavy (non-hydrogen) atoms. The van der Waals surface area contributed by atoms with Gasteiger partial charge in [-0.25, -0.2) is 0 Å². The van der Waals surface area contributed by atoms with E-state index in [1.165, 1.54) is 7.11 Å². The molecule has 366 valence electrons. The van der Waals surface area contributed by atoms with Crippen molar-refractivity contribution in [3.05, 3.63) is 70.9 Å². The minimum Gasteiger partial charge on any atom is -0.496 e. The molecule has 5 N–H and O–H groups in total. The van der Waals surface area contributed by atoms with E-state index in [9.17, 15) is 19.9 Å². The van der Waals surface area contributed by atoms with Crippen LogP contribution < -0.4 is 15.0 Å². The van der Waals surface area contributed by atoms with Gasteiger partial charge >= 0.3 is 13.6 Å². The molecule has 6 aliphatic rings. The number of nitrogens with one attached hydrogen (secondary N) is 2. The van der Waals surface area contributed by atoms with Crippen LogP contribution in [0.15, 0.2) is 48.6 Å². The smallest absolute Gasteiger partial charge is 0.352 e. The fourth-order valence-electron chi connectivity index (χ4n) is 14.4. The Morgan fingerprint density at radius 3 is 2.37 bits per heavy atom. The molecule has 3 aromatic rings. The van der Waals surface area contributed by atoms with Crippen LogP contribution in [0.4, 0.5) is 5.69 Å². The molecule has 2 bridgehead atoms. The van der Waals surface area contributed by atoms with Crippen molar-refractivity contribution in [1.29, 1.82) is 0 Å². The van der Waals surface area contributed by atoms with Crippen LogP contribution in [0.2, 0.25) is 0 Å². The van der Waals surface area contributed by atoms with Gasteiger partial charge in [0.25, 0.3) is 5.91 Å². The van der Waals surface area contributed by atoms with Crippen LogP contribution in [0.25, 0.3) is 10.9 Å². The number of aromatic amines is 1. The monoisotopic (exact) mass is 946 g/mol. The summed E-state index contributed by atoms with van der Waals surface area (Å²) in [5.41, 5.74) is -2.27. The summed E-state index contributed by atoms with van der Waals surface area (Å²) < 4.78 is 38.5. The van der Waals surface area contributed by atoms with Crippen LogP contribution in [0.1, 0.15) is 96.0 Å². The van der Waals surface area contributed by atoms with Crippen molar-refractivity contribution in [2.24, 2.45) is 17.3 Å². The number of H-pyrrole nitrogens is 1. The summed E-state index contributed by atoms with van der Waals surface area (Å²) in [6.07, 6.45) is 5.32. The summed E-state index contributed by atoms with van der Waals surface area (Å²) in [4.78, 5) is 41.4. The molecule has 5 aliphatic heterocycles. The number of amides is 1. The first-order chi connectivity index (χ1) is 31.9. The van der Waals surface area contributed by atoms with E-state index in [4.69, 9.17) is 18.5 Å². The van der Waals surface area contributed by atoms with Crippen LogP contribution in [-0.2, 0) is 45.2 Å². The molecular weight excluding hydrogens is 874 g/mol. The molecule has 2 saturated heterocycles. The second kappa shape index (κ2) is 17.3. The third kappa shape index (κ3) is 6.79. The van der Waals surface area contributed by atoms with Crippen molar-refractivity contribution >= 4 is 36.1 Å². The van der Waals surface area contributed by atoms with E-state index in [0.29, 0.717) is 88.2 Å². The summed E-state index contributed by atoms with van der Waals surface area (Å²) in [7, 11) is 0.898. The molecule has 1 unspecified atom stereocenters. The summed E-state index contributed by atoms with van der Waals surface area (Å²) in [5, 5.41) is 42.9. The Balaban J connectivity index is 1.31. The van der Waals surface area contributed by atoms with E-state index in [2.05, 4.69) is 32.2 Å². The molecule has 6 heterocycles. The molecule has 1 aliphatic carbocycles. The molecule has 15 nitrogen and oxygen atoms in total. The zero-order chi connectivity index (χ0) is 48.1. The Morgan fingerprint density at radius 1 is 0.985 bits per heavy atom. The summed E-state index contributed by atoms with van der Waals surface area (Å²) in [6.45, 7) is 14.4. The summed E-state index contributed by atoms with van der Waals surface area (Å²) in [5.74, 6) is -2.61. The SMILES string of the molecule is CCOP(=O)(OCC)[C@H](NC(=O)[C@@]1(O)[C@H](O)[C@]2(CC)C=CCN3CC[C@@]4(c5cc([C@@]6(C(=O)OC)C[C@H]7CN(CCc8c6[nH]c6ccccc86)C[C@](O)(CC)C7)c(OC)cc5N(C)[C@@H]14)[C@@H]32)C(C)C. The molecule has 0 radical (unpaired) electrons. The highest BCUT2D eigenvalue weighted by atomic mass is 31.2. The average Bonchev–Trinajstić information content (AvgIpc) is 3.97. The molecule has 1 amide bonds. The average molecular weight is 946 g/mol. The molecule has 1 spiro atoms. The van der Waals surface area contributed by atoms with Gasteiger partial charge in [0.05, 0.1) is 39.1 Å². The van der Waals surface area contributed by atoms with Crippen LogP contribution >= 0.6 is 7.60 Å². The quantitative estimate of drug-likeness (QED) is 0.0810. The first-order valence-electron chi connectivity index (χ1n) is 24.5. The summed E-state index contributed by atoms with van der Waals surface area (Å²) >= 11 is 0. The Kier molecular flexibility index (Phi) is 12.4. The van der Waals surface area contributed by atoms with Gasteiger partial charge < -0.3 is 49.0 Å². The molecule has 11 atom stereocenters. The zero-order valence-corrected chi connectivity index (χ0v) is 41.7. The molecule has 1 aromatic heterocycles. The lowest BCUT2D eigenvalue weighted by Crippen LogP contribution is -2.82. The highest BCUT2D eigenvalue weighted by Crippen LogP contribution is 2.68. The van der Waals surface area contributed by atoms with Crippen LogP contribution in [0.5, 0.6) is 5.75 Å². The maximum absolute atomic E-state index is 15.5. The van der Waals surface area contributed by atoms with Crippen molar-refractivity contribution < 1.29 is 48.0 Å². The van der Waals surface area contributed by atoms with Gasteiger partial charge in [-0.05, 0) is 94.0 Å². The fraction of sp³-hybridized carbons (Fsp3) is 0.647. The highest BCUT2D eigenvalue weighted by molar-refractivity contribution is 7.54. The van der Waals surface area contributed by atoms with Crippen molar-refractivity contribution in [1.82, 2.24) is 20.1 Å². The van der Waals surface area contributed by atoms with Gasteiger partial charge in [0, 0.05) is 84.0 Å². The number of nitrogens with zero attached hydrogens (tertiary/aromatic N) is 3. The largest absolute Gasteiger partial charge is 0.496 e. The number of likely N-dealkylation sites (N-methyl/N-ethyl adjacent to an activating group) is 1. The topological polar surface area (TPSA) is 186 Å². The third-order valence-corrected chi connectivity index (χ3v) is 19.7. The number of anilines is 1. The van der Waals surface area contributed by atoms with Gasteiger partial charge in [-0.1, -0.05) is 58.0 Å². The number of esters is 1.